The van der Waals surface area contributed by atoms with Crippen LogP contribution in [0.1, 0.15) is 53.9 Å². The number of hydrogen-bond donors (Lipinski definition) is 0. The lowest BCUT2D eigenvalue weighted by molar-refractivity contribution is 0.240. The predicted octanol–water partition coefficient (Wildman–Crippen LogP) is 3.32. The molecule has 0 radical (unpaired) electrons. The average Bonchev–Trinajstić information content (AvgIpc) is 1.82. The Bertz CT molecular complexity index is 200. The van der Waals surface area contributed by atoms with E-state index < -0.39 is 0 Å². The van der Waals surface area contributed by atoms with Crippen LogP contribution in [-0.2, 0) is 4.79 Å². The van der Waals surface area contributed by atoms with Gasteiger partial charge >= 0.3 is 0 Å². The number of aliphatic imine (C=N–C) groups is 1. The van der Waals surface area contributed by atoms with Gasteiger partial charge in [-0.05, 0) is 32.1 Å². The van der Waals surface area contributed by atoms with E-state index in [1.807, 2.05) is 13.8 Å². The van der Waals surface area contributed by atoms with Gasteiger partial charge in [0.2, 0.25) is 6.08 Å². The molecule has 0 fully saturated rings. The Morgan fingerprint density at radius 1 is 1.23 bits per heavy atom. The van der Waals surface area contributed by atoms with Gasteiger partial charge in [-0.1, -0.05) is 27.2 Å². The summed E-state index contributed by atoms with van der Waals surface area (Å²) < 4.78 is 0. The second-order valence-corrected chi connectivity index (χ2v) is 5.11. The standard InChI is InChI=1S/C11H21NO/c1-6-7-10(2,3)8-11(4,5)12-9-13/h6-8H2,1-5H3. The van der Waals surface area contributed by atoms with Crippen LogP contribution >= 0.6 is 0 Å². The van der Waals surface area contributed by atoms with E-state index in [9.17, 15) is 4.79 Å². The van der Waals surface area contributed by atoms with Crippen molar-refractivity contribution >= 4 is 6.08 Å². The molecule has 0 bridgehead atoms. The fourth-order valence-electron chi connectivity index (χ4n) is 2.10. The molecule has 0 aromatic rings. The number of carbonyl (C=O) groups excluding carboxylic acids is 1. The highest BCUT2D eigenvalue weighted by atomic mass is 16.1. The molecule has 0 aliphatic rings. The fourth-order valence-corrected chi connectivity index (χ4v) is 2.10. The molecule has 76 valence electrons. The molecule has 0 aliphatic heterocycles. The van der Waals surface area contributed by atoms with Crippen molar-refractivity contribution in [2.45, 2.75) is 59.4 Å². The summed E-state index contributed by atoms with van der Waals surface area (Å²) >= 11 is 0. The average molecular weight is 183 g/mol. The lowest BCUT2D eigenvalue weighted by atomic mass is 9.77. The lowest BCUT2D eigenvalue weighted by Crippen LogP contribution is -2.26. The lowest BCUT2D eigenvalue weighted by Gasteiger charge is -2.31. The summed E-state index contributed by atoms with van der Waals surface area (Å²) in [5, 5.41) is 0. The van der Waals surface area contributed by atoms with Crippen molar-refractivity contribution in [3.63, 3.8) is 0 Å². The summed E-state index contributed by atoms with van der Waals surface area (Å²) in [6.45, 7) is 10.6. The minimum absolute atomic E-state index is 0.262. The van der Waals surface area contributed by atoms with Gasteiger partial charge < -0.3 is 0 Å². The SMILES string of the molecule is CCCC(C)(C)CC(C)(C)N=C=O. The Morgan fingerprint density at radius 3 is 2.15 bits per heavy atom. The van der Waals surface area contributed by atoms with Crippen LogP contribution in [0, 0.1) is 5.41 Å². The zero-order valence-corrected chi connectivity index (χ0v) is 9.48. The van der Waals surface area contributed by atoms with Gasteiger partial charge in [-0.2, -0.15) is 4.99 Å². The fraction of sp³-hybridized carbons (Fsp3) is 0.909. The normalized spacial score (nSPS) is 12.4. The van der Waals surface area contributed by atoms with Crippen LogP contribution in [0.2, 0.25) is 0 Å². The third-order valence-electron chi connectivity index (χ3n) is 2.19. The maximum absolute atomic E-state index is 10.2. The number of isocyanates is 1. The van der Waals surface area contributed by atoms with E-state index >= 15 is 0 Å². The molecule has 0 saturated heterocycles. The second-order valence-electron chi connectivity index (χ2n) is 5.11. The Labute approximate surface area is 81.4 Å². The highest BCUT2D eigenvalue weighted by Gasteiger charge is 2.27. The van der Waals surface area contributed by atoms with Crippen molar-refractivity contribution in [1.29, 1.82) is 0 Å². The van der Waals surface area contributed by atoms with Gasteiger partial charge in [-0.25, -0.2) is 4.79 Å². The quantitative estimate of drug-likeness (QED) is 0.475. The van der Waals surface area contributed by atoms with Crippen LogP contribution in [-0.4, -0.2) is 11.6 Å². The molecule has 13 heavy (non-hydrogen) atoms. The van der Waals surface area contributed by atoms with Crippen LogP contribution in [0.4, 0.5) is 0 Å². The third kappa shape index (κ3) is 5.59. The largest absolute Gasteiger partial charge is 0.235 e. The molecule has 2 nitrogen and oxygen atoms in total. The maximum atomic E-state index is 10.2. The molecule has 0 rings (SSSR count). The van der Waals surface area contributed by atoms with E-state index in [0.29, 0.717) is 0 Å². The monoisotopic (exact) mass is 183 g/mol. The van der Waals surface area contributed by atoms with Gasteiger partial charge in [0.25, 0.3) is 0 Å². The number of nitrogens with zero attached hydrogens (tertiary/aromatic N) is 1. The Balaban J connectivity index is 4.31. The van der Waals surface area contributed by atoms with Crippen LogP contribution in [0.5, 0.6) is 0 Å². The molecular weight excluding hydrogens is 162 g/mol. The van der Waals surface area contributed by atoms with Crippen molar-refractivity contribution in [2.24, 2.45) is 10.4 Å². The minimum Gasteiger partial charge on any atom is -0.211 e. The van der Waals surface area contributed by atoms with Gasteiger partial charge in [0.15, 0.2) is 0 Å². The molecule has 0 spiro atoms. The number of hydrogen-bond acceptors (Lipinski definition) is 2. The van der Waals surface area contributed by atoms with Crippen molar-refractivity contribution in [3.8, 4) is 0 Å². The van der Waals surface area contributed by atoms with Crippen molar-refractivity contribution in [2.75, 3.05) is 0 Å². The summed E-state index contributed by atoms with van der Waals surface area (Å²) in [5.41, 5.74) is -0.000972. The summed E-state index contributed by atoms with van der Waals surface area (Å²) in [5.74, 6) is 0. The predicted molar refractivity (Wildman–Crippen MR) is 55.5 cm³/mol. The second kappa shape index (κ2) is 4.57. The molecule has 0 amide bonds. The van der Waals surface area contributed by atoms with E-state index in [0.717, 1.165) is 6.42 Å². The van der Waals surface area contributed by atoms with E-state index in [-0.39, 0.29) is 11.0 Å². The summed E-state index contributed by atoms with van der Waals surface area (Å²) in [6, 6.07) is 0. The molecule has 0 heterocycles. The van der Waals surface area contributed by atoms with Crippen molar-refractivity contribution in [1.82, 2.24) is 0 Å². The zero-order chi connectivity index (χ0) is 10.5. The Kier molecular flexibility index (Phi) is 4.35. The summed E-state index contributed by atoms with van der Waals surface area (Å²) in [7, 11) is 0. The maximum Gasteiger partial charge on any atom is 0.235 e. The molecule has 0 aromatic heterocycles. The van der Waals surface area contributed by atoms with Crippen molar-refractivity contribution in [3.05, 3.63) is 0 Å². The van der Waals surface area contributed by atoms with Crippen LogP contribution < -0.4 is 0 Å². The van der Waals surface area contributed by atoms with Crippen molar-refractivity contribution < 1.29 is 4.79 Å². The molecular formula is C11H21NO. The first-order valence-electron chi connectivity index (χ1n) is 4.92. The van der Waals surface area contributed by atoms with E-state index in [1.54, 1.807) is 6.08 Å². The molecule has 0 aromatic carbocycles. The third-order valence-corrected chi connectivity index (χ3v) is 2.19. The molecule has 0 saturated carbocycles. The first kappa shape index (κ1) is 12.4. The van der Waals surface area contributed by atoms with Gasteiger partial charge in [0.1, 0.15) is 0 Å². The van der Waals surface area contributed by atoms with E-state index in [2.05, 4.69) is 25.8 Å². The minimum atomic E-state index is -0.263. The Hall–Kier alpha value is -0.620. The first-order chi connectivity index (χ1) is 5.83. The van der Waals surface area contributed by atoms with Gasteiger partial charge in [0.05, 0.1) is 5.54 Å². The smallest absolute Gasteiger partial charge is 0.211 e. The highest BCUT2D eigenvalue weighted by molar-refractivity contribution is 5.34. The summed E-state index contributed by atoms with van der Waals surface area (Å²) in [4.78, 5) is 14.0. The molecule has 0 N–H and O–H groups in total. The van der Waals surface area contributed by atoms with Crippen LogP contribution in [0.25, 0.3) is 0 Å². The van der Waals surface area contributed by atoms with Crippen LogP contribution in [0.3, 0.4) is 0 Å². The molecule has 2 heteroatoms. The molecule has 0 unspecified atom stereocenters. The first-order valence-corrected chi connectivity index (χ1v) is 4.92. The Morgan fingerprint density at radius 2 is 1.77 bits per heavy atom. The topological polar surface area (TPSA) is 29.4 Å². The number of rotatable bonds is 5. The van der Waals surface area contributed by atoms with E-state index in [4.69, 9.17) is 0 Å². The van der Waals surface area contributed by atoms with Gasteiger partial charge in [-0.3, -0.25) is 0 Å². The molecule has 0 aliphatic carbocycles. The van der Waals surface area contributed by atoms with Gasteiger partial charge in [-0.15, -0.1) is 0 Å². The zero-order valence-electron chi connectivity index (χ0n) is 9.48. The molecule has 0 atom stereocenters. The van der Waals surface area contributed by atoms with E-state index in [1.165, 1.54) is 12.8 Å². The summed E-state index contributed by atoms with van der Waals surface area (Å²) in [6.07, 6.45) is 4.93. The van der Waals surface area contributed by atoms with Gasteiger partial charge in [0, 0.05) is 0 Å². The highest BCUT2D eigenvalue weighted by Crippen LogP contribution is 2.33. The van der Waals surface area contributed by atoms with Crippen LogP contribution in [0.15, 0.2) is 4.99 Å².